The topological polar surface area (TPSA) is 76.2 Å². The largest absolute Gasteiger partial charge is 0.481 e. The monoisotopic (exact) mass is 342 g/mol. The van der Waals surface area contributed by atoms with E-state index in [9.17, 15) is 13.6 Å². The molecule has 0 spiro atoms. The van der Waals surface area contributed by atoms with Crippen LogP contribution in [-0.4, -0.2) is 16.1 Å². The van der Waals surface area contributed by atoms with Gasteiger partial charge in [0.25, 0.3) is 6.43 Å². The van der Waals surface area contributed by atoms with Gasteiger partial charge in [-0.25, -0.2) is 13.8 Å². The highest BCUT2D eigenvalue weighted by Crippen LogP contribution is 2.23. The number of pyridine rings is 1. The summed E-state index contributed by atoms with van der Waals surface area (Å²) in [6, 6.07) is 1.11. The van der Waals surface area contributed by atoms with Crippen molar-refractivity contribution in [2.75, 3.05) is 0 Å². The molecule has 0 unspecified atom stereocenters. The van der Waals surface area contributed by atoms with Crippen molar-refractivity contribution in [3.63, 3.8) is 0 Å². The summed E-state index contributed by atoms with van der Waals surface area (Å²) in [5.74, 6) is -1.08. The summed E-state index contributed by atoms with van der Waals surface area (Å²) in [7, 11) is 0. The molecule has 0 aliphatic heterocycles. The SMILES string of the molecule is NCc1nc(C(F)F)cc(CC(=O)O)c1I. The van der Waals surface area contributed by atoms with Crippen molar-refractivity contribution in [3.05, 3.63) is 26.6 Å². The minimum absolute atomic E-state index is 0.00541. The number of nitrogens with zero attached hydrogens (tertiary/aromatic N) is 1. The zero-order chi connectivity index (χ0) is 12.3. The zero-order valence-corrected chi connectivity index (χ0v) is 10.2. The molecule has 16 heavy (non-hydrogen) atoms. The van der Waals surface area contributed by atoms with Gasteiger partial charge in [0.1, 0.15) is 5.69 Å². The second kappa shape index (κ2) is 5.48. The molecule has 4 nitrogen and oxygen atoms in total. The van der Waals surface area contributed by atoms with Gasteiger partial charge in [-0.1, -0.05) is 0 Å². The van der Waals surface area contributed by atoms with Gasteiger partial charge >= 0.3 is 5.97 Å². The van der Waals surface area contributed by atoms with Crippen LogP contribution in [0.5, 0.6) is 0 Å². The molecular weight excluding hydrogens is 333 g/mol. The summed E-state index contributed by atoms with van der Waals surface area (Å²) in [5, 5.41) is 8.64. The fourth-order valence-electron chi connectivity index (χ4n) is 1.20. The van der Waals surface area contributed by atoms with Crippen LogP contribution in [0.1, 0.15) is 23.4 Å². The van der Waals surface area contributed by atoms with Crippen LogP contribution in [0.4, 0.5) is 8.78 Å². The summed E-state index contributed by atoms with van der Waals surface area (Å²) in [6.07, 6.45) is -3.04. The maximum atomic E-state index is 12.5. The third-order valence-electron chi connectivity index (χ3n) is 1.88. The van der Waals surface area contributed by atoms with Crippen LogP contribution in [0.2, 0.25) is 0 Å². The van der Waals surface area contributed by atoms with Gasteiger partial charge in [0, 0.05) is 10.1 Å². The van der Waals surface area contributed by atoms with Crippen LogP contribution in [0.3, 0.4) is 0 Å². The van der Waals surface area contributed by atoms with Crippen molar-refractivity contribution in [2.24, 2.45) is 5.73 Å². The van der Waals surface area contributed by atoms with Crippen LogP contribution < -0.4 is 5.73 Å². The molecule has 1 aromatic rings. The van der Waals surface area contributed by atoms with Crippen LogP contribution in [0.15, 0.2) is 6.07 Å². The van der Waals surface area contributed by atoms with E-state index in [1.165, 1.54) is 0 Å². The lowest BCUT2D eigenvalue weighted by Gasteiger charge is -2.09. The van der Waals surface area contributed by atoms with Crippen LogP contribution >= 0.6 is 22.6 Å². The molecular formula is C9H9F2IN2O2. The first kappa shape index (κ1) is 13.2. The fourth-order valence-corrected chi connectivity index (χ4v) is 1.89. The highest BCUT2D eigenvalue weighted by molar-refractivity contribution is 14.1. The Morgan fingerprint density at radius 3 is 2.69 bits per heavy atom. The summed E-state index contributed by atoms with van der Waals surface area (Å²) in [4.78, 5) is 14.2. The number of hydrogen-bond donors (Lipinski definition) is 2. The number of hydrogen-bond acceptors (Lipinski definition) is 3. The fraction of sp³-hybridized carbons (Fsp3) is 0.333. The molecule has 1 rings (SSSR count). The van der Waals surface area contributed by atoms with E-state index in [2.05, 4.69) is 4.98 Å². The second-order valence-electron chi connectivity index (χ2n) is 3.04. The first-order valence-electron chi connectivity index (χ1n) is 4.34. The lowest BCUT2D eigenvalue weighted by Crippen LogP contribution is -2.11. The number of carbonyl (C=O) groups is 1. The van der Waals surface area contributed by atoms with E-state index < -0.39 is 18.1 Å². The smallest absolute Gasteiger partial charge is 0.307 e. The van der Waals surface area contributed by atoms with E-state index in [0.29, 0.717) is 14.8 Å². The Kier molecular flexibility index (Phi) is 4.54. The van der Waals surface area contributed by atoms with Gasteiger partial charge in [-0.05, 0) is 34.2 Å². The molecule has 0 saturated carbocycles. The Morgan fingerprint density at radius 2 is 2.25 bits per heavy atom. The standard InChI is InChI=1S/C9H9F2IN2O2/c10-9(11)5-1-4(2-7(15)16)8(12)6(3-13)14-5/h1,9H,2-3,13H2,(H,15,16). The molecule has 0 fully saturated rings. The lowest BCUT2D eigenvalue weighted by atomic mass is 10.1. The minimum Gasteiger partial charge on any atom is -0.481 e. The van der Waals surface area contributed by atoms with Gasteiger partial charge in [0.05, 0.1) is 12.1 Å². The molecule has 0 radical (unpaired) electrons. The first-order chi connectivity index (χ1) is 7.45. The number of halogens is 3. The van der Waals surface area contributed by atoms with Crippen LogP contribution in [0.25, 0.3) is 0 Å². The molecule has 0 bridgehead atoms. The Hall–Kier alpha value is -0.830. The van der Waals surface area contributed by atoms with Gasteiger partial charge in [-0.3, -0.25) is 4.79 Å². The molecule has 3 N–H and O–H groups in total. The summed E-state index contributed by atoms with van der Waals surface area (Å²) in [6.45, 7) is 0.00541. The summed E-state index contributed by atoms with van der Waals surface area (Å²) < 4.78 is 25.5. The molecule has 7 heteroatoms. The third kappa shape index (κ3) is 3.08. The number of aromatic nitrogens is 1. The number of aliphatic carboxylic acids is 1. The van der Waals surface area contributed by atoms with Gasteiger partial charge < -0.3 is 10.8 Å². The normalized spacial score (nSPS) is 10.8. The van der Waals surface area contributed by atoms with Gasteiger partial charge in [0.15, 0.2) is 0 Å². The highest BCUT2D eigenvalue weighted by atomic mass is 127. The molecule has 1 heterocycles. The van der Waals surface area contributed by atoms with Gasteiger partial charge in [-0.15, -0.1) is 0 Å². The number of carboxylic acids is 1. The summed E-state index contributed by atoms with van der Waals surface area (Å²) >= 11 is 1.86. The van der Waals surface area contributed by atoms with Crippen molar-refractivity contribution in [3.8, 4) is 0 Å². The van der Waals surface area contributed by atoms with Crippen molar-refractivity contribution in [1.29, 1.82) is 0 Å². The predicted molar refractivity (Wildman–Crippen MR) is 61.1 cm³/mol. The average molecular weight is 342 g/mol. The van der Waals surface area contributed by atoms with Gasteiger partial charge in [0.2, 0.25) is 0 Å². The Morgan fingerprint density at radius 1 is 1.62 bits per heavy atom. The quantitative estimate of drug-likeness (QED) is 0.817. The van der Waals surface area contributed by atoms with Crippen molar-refractivity contribution >= 4 is 28.6 Å². The molecule has 1 aromatic heterocycles. The molecule has 0 aliphatic carbocycles. The zero-order valence-electron chi connectivity index (χ0n) is 8.08. The number of carboxylic acid groups (broad SMARTS) is 1. The van der Waals surface area contributed by atoms with Crippen molar-refractivity contribution < 1.29 is 18.7 Å². The predicted octanol–water partition coefficient (Wildman–Crippen LogP) is 1.71. The van der Waals surface area contributed by atoms with Crippen LogP contribution in [0, 0.1) is 3.57 Å². The number of nitrogens with two attached hydrogens (primary N) is 1. The third-order valence-corrected chi connectivity index (χ3v) is 3.20. The molecule has 0 aromatic carbocycles. The number of rotatable bonds is 4. The van der Waals surface area contributed by atoms with E-state index in [4.69, 9.17) is 10.8 Å². The maximum Gasteiger partial charge on any atom is 0.307 e. The first-order valence-corrected chi connectivity index (χ1v) is 5.41. The summed E-state index contributed by atoms with van der Waals surface area (Å²) in [5.41, 5.74) is 5.55. The van der Waals surface area contributed by atoms with E-state index >= 15 is 0 Å². The van der Waals surface area contributed by atoms with E-state index in [1.54, 1.807) is 0 Å². The molecule has 0 saturated heterocycles. The minimum atomic E-state index is -2.73. The average Bonchev–Trinajstić information content (AvgIpc) is 2.20. The Bertz CT molecular complexity index is 413. The van der Waals surface area contributed by atoms with E-state index in [-0.39, 0.29) is 13.0 Å². The van der Waals surface area contributed by atoms with Crippen molar-refractivity contribution in [1.82, 2.24) is 4.98 Å². The van der Waals surface area contributed by atoms with E-state index in [0.717, 1.165) is 6.07 Å². The maximum absolute atomic E-state index is 12.5. The number of alkyl halides is 2. The Balaban J connectivity index is 3.24. The molecule has 88 valence electrons. The van der Waals surface area contributed by atoms with Crippen molar-refractivity contribution in [2.45, 2.75) is 19.4 Å². The van der Waals surface area contributed by atoms with E-state index in [1.807, 2.05) is 22.6 Å². The molecule has 0 atom stereocenters. The second-order valence-corrected chi connectivity index (χ2v) is 4.12. The van der Waals surface area contributed by atoms with Gasteiger partial charge in [-0.2, -0.15) is 0 Å². The lowest BCUT2D eigenvalue weighted by molar-refractivity contribution is -0.136. The highest BCUT2D eigenvalue weighted by Gasteiger charge is 2.16. The molecule has 0 amide bonds. The Labute approximate surface area is 104 Å². The molecule has 0 aliphatic rings. The van der Waals surface area contributed by atoms with Crippen LogP contribution in [-0.2, 0) is 17.8 Å².